The maximum atomic E-state index is 12.6. The van der Waals surface area contributed by atoms with Crippen molar-refractivity contribution in [3.05, 3.63) is 52.6 Å². The molecule has 0 radical (unpaired) electrons. The predicted octanol–water partition coefficient (Wildman–Crippen LogP) is 3.23. The molecule has 0 atom stereocenters. The van der Waals surface area contributed by atoms with Crippen molar-refractivity contribution in [3.63, 3.8) is 0 Å². The van der Waals surface area contributed by atoms with Gasteiger partial charge in [-0.25, -0.2) is 8.42 Å². The molecule has 0 fully saturated rings. The highest BCUT2D eigenvalue weighted by molar-refractivity contribution is 7.95. The van der Waals surface area contributed by atoms with E-state index in [2.05, 4.69) is 20.8 Å². The Kier molecular flexibility index (Phi) is 4.75. The van der Waals surface area contributed by atoms with Crippen molar-refractivity contribution in [3.8, 4) is 0 Å². The third-order valence-electron chi connectivity index (χ3n) is 3.63. The Morgan fingerprint density at radius 3 is 2.18 bits per heavy atom. The summed E-state index contributed by atoms with van der Waals surface area (Å²) >= 11 is 0. The first kappa shape index (κ1) is 16.7. The van der Waals surface area contributed by atoms with Gasteiger partial charge in [-0.05, 0) is 47.3 Å². The van der Waals surface area contributed by atoms with Crippen molar-refractivity contribution >= 4 is 9.84 Å². The zero-order valence-corrected chi connectivity index (χ0v) is 13.8. The van der Waals surface area contributed by atoms with E-state index in [4.69, 9.17) is 10.0 Å². The van der Waals surface area contributed by atoms with E-state index in [0.717, 1.165) is 5.56 Å². The van der Waals surface area contributed by atoms with Gasteiger partial charge in [0, 0.05) is 11.3 Å². The lowest BCUT2D eigenvalue weighted by Gasteiger charge is -2.19. The second-order valence-electron chi connectivity index (χ2n) is 6.24. The molecule has 0 saturated carbocycles. The predicted molar refractivity (Wildman–Crippen MR) is 83.7 cm³/mol. The van der Waals surface area contributed by atoms with Crippen LogP contribution in [0.4, 0.5) is 0 Å². The molecule has 0 amide bonds. The Morgan fingerprint density at radius 1 is 1.09 bits per heavy atom. The lowest BCUT2D eigenvalue weighted by molar-refractivity contribution is -0.0950. The summed E-state index contributed by atoms with van der Waals surface area (Å²) in [5.74, 6) is 0.490. The normalized spacial score (nSPS) is 16.0. The van der Waals surface area contributed by atoms with Crippen molar-refractivity contribution < 1.29 is 18.5 Å². The molecular formula is C16H21NO4S. The lowest BCUT2D eigenvalue weighted by Crippen LogP contribution is -2.13. The molecule has 0 bridgehead atoms. The van der Waals surface area contributed by atoms with Gasteiger partial charge in [0.1, 0.15) is 5.76 Å². The molecule has 5 nitrogen and oxygen atoms in total. The fourth-order valence-electron chi connectivity index (χ4n) is 2.25. The van der Waals surface area contributed by atoms with Crippen molar-refractivity contribution in [1.82, 2.24) is 5.64 Å². The molecular weight excluding hydrogens is 302 g/mol. The second-order valence-corrected chi connectivity index (χ2v) is 8.24. The Balaban J connectivity index is 2.28. The molecule has 6 heteroatoms. The molecule has 0 unspecified atom stereocenters. The minimum absolute atomic E-state index is 0.0152. The van der Waals surface area contributed by atoms with Gasteiger partial charge >= 0.3 is 0 Å². The Hall–Kier alpha value is -1.63. The van der Waals surface area contributed by atoms with Gasteiger partial charge in [0.2, 0.25) is 9.84 Å². The molecule has 1 aromatic carbocycles. The third-order valence-corrected chi connectivity index (χ3v) is 5.55. The summed E-state index contributed by atoms with van der Waals surface area (Å²) in [5.41, 5.74) is 2.67. The quantitative estimate of drug-likeness (QED) is 0.832. The van der Waals surface area contributed by atoms with Crippen LogP contribution in [0.15, 0.2) is 52.0 Å². The van der Waals surface area contributed by atoms with E-state index in [1.165, 1.54) is 6.08 Å². The van der Waals surface area contributed by atoms with E-state index in [0.29, 0.717) is 28.4 Å². The molecule has 0 aliphatic heterocycles. The second kappa shape index (κ2) is 6.24. The van der Waals surface area contributed by atoms with Crippen molar-refractivity contribution in [2.45, 2.75) is 43.9 Å². The summed E-state index contributed by atoms with van der Waals surface area (Å²) in [6.45, 7) is 6.26. The first-order valence-corrected chi connectivity index (χ1v) is 8.55. The standard InChI is InChI=1S/C16H21NO4S/c1-16(2,3)12-4-8-14(9-5-12)22(19,20)15-10-6-13(7-11-15)21-17-18/h4-6,8-10,17-18H,7,11H2,1-3H3. The molecule has 1 aliphatic carbocycles. The molecule has 0 heterocycles. The van der Waals surface area contributed by atoms with Crippen LogP contribution < -0.4 is 5.64 Å². The largest absolute Gasteiger partial charge is 0.388 e. The van der Waals surface area contributed by atoms with Gasteiger partial charge in [-0.1, -0.05) is 32.9 Å². The van der Waals surface area contributed by atoms with Crippen LogP contribution in [0.25, 0.3) is 0 Å². The minimum Gasteiger partial charge on any atom is -0.388 e. The van der Waals surface area contributed by atoms with Crippen LogP contribution in [0.1, 0.15) is 39.2 Å². The van der Waals surface area contributed by atoms with E-state index < -0.39 is 9.84 Å². The zero-order chi connectivity index (χ0) is 16.4. The number of benzene rings is 1. The van der Waals surface area contributed by atoms with Gasteiger partial charge in [0.25, 0.3) is 0 Å². The average Bonchev–Trinajstić information content (AvgIpc) is 2.47. The fourth-order valence-corrected chi connectivity index (χ4v) is 3.67. The van der Waals surface area contributed by atoms with Crippen LogP contribution in [-0.4, -0.2) is 13.6 Å². The monoisotopic (exact) mass is 323 g/mol. The van der Waals surface area contributed by atoms with Crippen LogP contribution in [0.3, 0.4) is 0 Å². The molecule has 2 N–H and O–H groups in total. The SMILES string of the molecule is CC(C)(C)c1ccc(S(=O)(=O)C2=CC=C(ONO)CC2)cc1. The zero-order valence-electron chi connectivity index (χ0n) is 13.0. The van der Waals surface area contributed by atoms with Crippen LogP contribution in [-0.2, 0) is 20.1 Å². The Morgan fingerprint density at radius 2 is 1.73 bits per heavy atom. The summed E-state index contributed by atoms with van der Waals surface area (Å²) in [6.07, 6.45) is 3.82. The third kappa shape index (κ3) is 3.58. The highest BCUT2D eigenvalue weighted by Crippen LogP contribution is 2.30. The molecule has 0 aromatic heterocycles. The molecule has 0 spiro atoms. The summed E-state index contributed by atoms with van der Waals surface area (Å²) in [6, 6.07) is 7.02. The van der Waals surface area contributed by atoms with Crippen molar-refractivity contribution in [1.29, 1.82) is 0 Å². The summed E-state index contributed by atoms with van der Waals surface area (Å²) < 4.78 is 25.2. The molecule has 2 rings (SSSR count). The van der Waals surface area contributed by atoms with Gasteiger partial charge in [-0.15, -0.1) is 0 Å². The number of hydrogen-bond acceptors (Lipinski definition) is 5. The van der Waals surface area contributed by atoms with Crippen molar-refractivity contribution in [2.75, 3.05) is 0 Å². The lowest BCUT2D eigenvalue weighted by atomic mass is 9.87. The Labute approximate surface area is 131 Å². The van der Waals surface area contributed by atoms with Gasteiger partial charge in [-0.2, -0.15) is 0 Å². The summed E-state index contributed by atoms with van der Waals surface area (Å²) in [7, 11) is -3.48. The van der Waals surface area contributed by atoms with E-state index in [9.17, 15) is 8.42 Å². The minimum atomic E-state index is -3.48. The highest BCUT2D eigenvalue weighted by Gasteiger charge is 2.23. The molecule has 120 valence electrons. The highest BCUT2D eigenvalue weighted by atomic mass is 32.2. The number of hydrogen-bond donors (Lipinski definition) is 2. The van der Waals surface area contributed by atoms with Gasteiger partial charge in [-0.3, -0.25) is 5.21 Å². The molecule has 1 aromatic rings. The average molecular weight is 323 g/mol. The summed E-state index contributed by atoms with van der Waals surface area (Å²) in [4.78, 5) is 5.37. The van der Waals surface area contributed by atoms with Crippen LogP contribution >= 0.6 is 0 Å². The van der Waals surface area contributed by atoms with Gasteiger partial charge in [0.15, 0.2) is 0 Å². The van der Waals surface area contributed by atoms with E-state index in [1.807, 2.05) is 12.1 Å². The number of sulfone groups is 1. The van der Waals surface area contributed by atoms with Crippen molar-refractivity contribution in [2.24, 2.45) is 0 Å². The van der Waals surface area contributed by atoms with Crippen LogP contribution in [0.5, 0.6) is 0 Å². The Bertz CT molecular complexity index is 695. The van der Waals surface area contributed by atoms with E-state index >= 15 is 0 Å². The molecule has 0 saturated heterocycles. The topological polar surface area (TPSA) is 75.6 Å². The molecule has 22 heavy (non-hydrogen) atoms. The van der Waals surface area contributed by atoms with E-state index in [1.54, 1.807) is 23.9 Å². The maximum absolute atomic E-state index is 12.6. The van der Waals surface area contributed by atoms with Gasteiger partial charge < -0.3 is 4.84 Å². The van der Waals surface area contributed by atoms with E-state index in [-0.39, 0.29) is 5.41 Å². The number of allylic oxidation sites excluding steroid dienone is 4. The fraction of sp³-hybridized carbons (Fsp3) is 0.375. The van der Waals surface area contributed by atoms with Gasteiger partial charge in [0.05, 0.1) is 4.90 Å². The number of rotatable bonds is 4. The first-order chi connectivity index (χ1) is 10.2. The van der Waals surface area contributed by atoms with Crippen LogP contribution in [0, 0.1) is 0 Å². The van der Waals surface area contributed by atoms with Crippen LogP contribution in [0.2, 0.25) is 0 Å². The first-order valence-electron chi connectivity index (χ1n) is 7.06. The number of nitrogens with one attached hydrogen (secondary N) is 1. The maximum Gasteiger partial charge on any atom is 0.202 e. The summed E-state index contributed by atoms with van der Waals surface area (Å²) in [5, 5.41) is 8.46. The molecule has 1 aliphatic rings. The smallest absolute Gasteiger partial charge is 0.202 e.